The molecular weight excluding hydrogens is 292 g/mol. The van der Waals surface area contributed by atoms with E-state index < -0.39 is 5.97 Å². The molecule has 0 amide bonds. The molecule has 1 aliphatic carbocycles. The molecule has 0 spiro atoms. The molecule has 0 aliphatic heterocycles. The summed E-state index contributed by atoms with van der Waals surface area (Å²) in [7, 11) is 0. The highest BCUT2D eigenvalue weighted by atomic mass is 79.9. The summed E-state index contributed by atoms with van der Waals surface area (Å²) in [6.07, 6.45) is 7.60. The first-order valence-electron chi connectivity index (χ1n) is 6.32. The standard InChI is InChI=1S/C15H17BrO2/c16-14-8-6-13(7-9-14)12-4-1-11(2-5-12)3-10-15(17)18/h3,6-12H,1-2,4-5H2,(H,17,18)/b10-3+. The van der Waals surface area contributed by atoms with Crippen LogP contribution in [0.4, 0.5) is 0 Å². The Morgan fingerprint density at radius 1 is 1.17 bits per heavy atom. The van der Waals surface area contributed by atoms with Crippen LogP contribution in [0, 0.1) is 5.92 Å². The minimum absolute atomic E-state index is 0.438. The molecule has 0 radical (unpaired) electrons. The van der Waals surface area contributed by atoms with Crippen molar-refractivity contribution < 1.29 is 9.90 Å². The second kappa shape index (κ2) is 6.19. The fourth-order valence-electron chi connectivity index (χ4n) is 2.60. The first kappa shape index (κ1) is 13.3. The number of allylic oxidation sites excluding steroid dienone is 1. The Bertz CT molecular complexity index is 428. The number of rotatable bonds is 3. The van der Waals surface area contributed by atoms with Gasteiger partial charge in [0.1, 0.15) is 0 Å². The Hall–Kier alpha value is -1.09. The summed E-state index contributed by atoms with van der Waals surface area (Å²) in [6.45, 7) is 0. The average Bonchev–Trinajstić information content (AvgIpc) is 2.38. The zero-order valence-corrected chi connectivity index (χ0v) is 11.8. The van der Waals surface area contributed by atoms with Gasteiger partial charge in [0.2, 0.25) is 0 Å². The van der Waals surface area contributed by atoms with Gasteiger partial charge in [0, 0.05) is 10.5 Å². The van der Waals surface area contributed by atoms with Gasteiger partial charge in [-0.25, -0.2) is 4.79 Å². The molecule has 0 atom stereocenters. The first-order chi connectivity index (χ1) is 8.65. The normalized spacial score (nSPS) is 24.3. The molecule has 0 aromatic heterocycles. The van der Waals surface area contributed by atoms with Crippen LogP contribution in [0.5, 0.6) is 0 Å². The van der Waals surface area contributed by atoms with Crippen LogP contribution in [0.25, 0.3) is 0 Å². The van der Waals surface area contributed by atoms with Gasteiger partial charge in [-0.05, 0) is 55.2 Å². The van der Waals surface area contributed by atoms with Crippen LogP contribution in [0.2, 0.25) is 0 Å². The zero-order chi connectivity index (χ0) is 13.0. The SMILES string of the molecule is O=C(O)/C=C/C1CCC(c2ccc(Br)cc2)CC1. The van der Waals surface area contributed by atoms with Crippen LogP contribution in [0.3, 0.4) is 0 Å². The molecule has 3 heteroatoms. The van der Waals surface area contributed by atoms with Crippen molar-refractivity contribution in [3.8, 4) is 0 Å². The fourth-order valence-corrected chi connectivity index (χ4v) is 2.86. The molecule has 1 N–H and O–H groups in total. The first-order valence-corrected chi connectivity index (χ1v) is 7.11. The van der Waals surface area contributed by atoms with Crippen molar-refractivity contribution in [2.45, 2.75) is 31.6 Å². The second-order valence-corrected chi connectivity index (χ2v) is 5.78. The number of benzene rings is 1. The third-order valence-corrected chi connectivity index (χ3v) is 4.15. The van der Waals surface area contributed by atoms with Crippen molar-refractivity contribution in [3.63, 3.8) is 0 Å². The summed E-state index contributed by atoms with van der Waals surface area (Å²) in [4.78, 5) is 10.5. The van der Waals surface area contributed by atoms with E-state index in [0.717, 1.165) is 30.2 Å². The lowest BCUT2D eigenvalue weighted by molar-refractivity contribution is -0.131. The van der Waals surface area contributed by atoms with E-state index in [4.69, 9.17) is 5.11 Å². The van der Waals surface area contributed by atoms with Crippen molar-refractivity contribution in [1.29, 1.82) is 0 Å². The Balaban J connectivity index is 1.90. The maximum atomic E-state index is 10.5. The highest BCUT2D eigenvalue weighted by Gasteiger charge is 2.20. The monoisotopic (exact) mass is 308 g/mol. The smallest absolute Gasteiger partial charge is 0.327 e. The van der Waals surface area contributed by atoms with Crippen molar-refractivity contribution in [2.75, 3.05) is 0 Å². The van der Waals surface area contributed by atoms with E-state index in [0.29, 0.717) is 11.8 Å². The second-order valence-electron chi connectivity index (χ2n) is 4.86. The number of hydrogen-bond donors (Lipinski definition) is 1. The minimum atomic E-state index is -0.843. The van der Waals surface area contributed by atoms with Crippen molar-refractivity contribution in [2.24, 2.45) is 5.92 Å². The third-order valence-electron chi connectivity index (χ3n) is 3.62. The molecule has 2 rings (SSSR count). The number of aliphatic carboxylic acids is 1. The number of carboxylic acids is 1. The lowest BCUT2D eigenvalue weighted by Crippen LogP contribution is -2.12. The molecule has 2 nitrogen and oxygen atoms in total. The van der Waals surface area contributed by atoms with Gasteiger partial charge in [0.25, 0.3) is 0 Å². The van der Waals surface area contributed by atoms with Gasteiger partial charge in [-0.2, -0.15) is 0 Å². The molecule has 1 saturated carbocycles. The molecule has 96 valence electrons. The molecule has 0 saturated heterocycles. The summed E-state index contributed by atoms with van der Waals surface area (Å²) < 4.78 is 1.12. The van der Waals surface area contributed by atoms with Gasteiger partial charge in [0.15, 0.2) is 0 Å². The molecule has 18 heavy (non-hydrogen) atoms. The summed E-state index contributed by atoms with van der Waals surface area (Å²) >= 11 is 3.45. The van der Waals surface area contributed by atoms with Crippen molar-refractivity contribution in [1.82, 2.24) is 0 Å². The predicted molar refractivity (Wildman–Crippen MR) is 75.6 cm³/mol. The van der Waals surface area contributed by atoms with Crippen molar-refractivity contribution >= 4 is 21.9 Å². The van der Waals surface area contributed by atoms with Crippen LogP contribution in [-0.4, -0.2) is 11.1 Å². The number of carboxylic acid groups (broad SMARTS) is 1. The Morgan fingerprint density at radius 3 is 2.33 bits per heavy atom. The zero-order valence-electron chi connectivity index (χ0n) is 10.2. The quantitative estimate of drug-likeness (QED) is 0.842. The van der Waals surface area contributed by atoms with Gasteiger partial charge >= 0.3 is 5.97 Å². The lowest BCUT2D eigenvalue weighted by Gasteiger charge is -2.27. The average molecular weight is 309 g/mol. The maximum Gasteiger partial charge on any atom is 0.327 e. The molecule has 1 aliphatic rings. The van der Waals surface area contributed by atoms with Crippen LogP contribution >= 0.6 is 15.9 Å². The van der Waals surface area contributed by atoms with Crippen molar-refractivity contribution in [3.05, 3.63) is 46.5 Å². The van der Waals surface area contributed by atoms with E-state index in [2.05, 4.69) is 40.2 Å². The van der Waals surface area contributed by atoms with E-state index in [1.807, 2.05) is 6.08 Å². The summed E-state index contributed by atoms with van der Waals surface area (Å²) in [5, 5.41) is 8.61. The fraction of sp³-hybridized carbons (Fsp3) is 0.400. The number of halogens is 1. The van der Waals surface area contributed by atoms with Crippen LogP contribution in [0.15, 0.2) is 40.9 Å². The van der Waals surface area contributed by atoms with E-state index >= 15 is 0 Å². The molecular formula is C15H17BrO2. The van der Waals surface area contributed by atoms with Gasteiger partial charge in [0.05, 0.1) is 0 Å². The molecule has 1 fully saturated rings. The molecule has 0 heterocycles. The van der Waals surface area contributed by atoms with Gasteiger partial charge < -0.3 is 5.11 Å². The van der Waals surface area contributed by atoms with E-state index in [-0.39, 0.29) is 0 Å². The predicted octanol–water partition coefficient (Wildman–Crippen LogP) is 4.36. The van der Waals surface area contributed by atoms with Gasteiger partial charge in [-0.15, -0.1) is 0 Å². The van der Waals surface area contributed by atoms with E-state index in [9.17, 15) is 4.79 Å². The lowest BCUT2D eigenvalue weighted by atomic mass is 9.78. The molecule has 1 aromatic carbocycles. The summed E-state index contributed by atoms with van der Waals surface area (Å²) in [5.41, 5.74) is 1.40. The van der Waals surface area contributed by atoms with Gasteiger partial charge in [-0.1, -0.05) is 34.1 Å². The van der Waals surface area contributed by atoms with E-state index in [1.165, 1.54) is 11.6 Å². The third kappa shape index (κ3) is 3.70. The Kier molecular flexibility index (Phi) is 4.59. The highest BCUT2D eigenvalue weighted by Crippen LogP contribution is 2.36. The summed E-state index contributed by atoms with van der Waals surface area (Å²) in [6, 6.07) is 8.54. The molecule has 0 bridgehead atoms. The van der Waals surface area contributed by atoms with Crippen LogP contribution < -0.4 is 0 Å². The largest absolute Gasteiger partial charge is 0.478 e. The van der Waals surface area contributed by atoms with Gasteiger partial charge in [-0.3, -0.25) is 0 Å². The van der Waals surface area contributed by atoms with Crippen LogP contribution in [0.1, 0.15) is 37.2 Å². The minimum Gasteiger partial charge on any atom is -0.478 e. The topological polar surface area (TPSA) is 37.3 Å². The summed E-state index contributed by atoms with van der Waals surface area (Å²) in [5.74, 6) is 0.227. The highest BCUT2D eigenvalue weighted by molar-refractivity contribution is 9.10. The molecule has 1 aromatic rings. The Labute approximate surface area is 116 Å². The number of hydrogen-bond acceptors (Lipinski definition) is 1. The van der Waals surface area contributed by atoms with Crippen LogP contribution in [-0.2, 0) is 4.79 Å². The number of carbonyl (C=O) groups is 1. The van der Waals surface area contributed by atoms with E-state index in [1.54, 1.807) is 0 Å². The Morgan fingerprint density at radius 2 is 1.78 bits per heavy atom. The molecule has 0 unspecified atom stereocenters. The maximum absolute atomic E-state index is 10.5.